The molecule has 5 aliphatic rings. The van der Waals surface area contributed by atoms with Crippen molar-refractivity contribution in [3.63, 3.8) is 0 Å². The molecule has 276 valence electrons. The van der Waals surface area contributed by atoms with Gasteiger partial charge in [-0.05, 0) is 144 Å². The van der Waals surface area contributed by atoms with E-state index in [9.17, 15) is 0 Å². The van der Waals surface area contributed by atoms with E-state index >= 15 is 0 Å². The minimum absolute atomic E-state index is 0.441. The molecule has 5 aromatic carbocycles. The average molecular weight is 779 g/mol. The van der Waals surface area contributed by atoms with Crippen LogP contribution in [0.1, 0.15) is 55.3 Å². The largest absolute Gasteiger partial charge is 0.309 e. The average Bonchev–Trinajstić information content (AvgIpc) is 4.03. The number of nitrogens with zero attached hydrogens (tertiary/aromatic N) is 2. The molecule has 4 heteroatoms. The summed E-state index contributed by atoms with van der Waals surface area (Å²) >= 11 is 3.81. The molecule has 1 unspecified atom stereocenters. The monoisotopic (exact) mass is 778 g/mol. The molecule has 0 radical (unpaired) electrons. The lowest BCUT2D eigenvalue weighted by Gasteiger charge is -2.21. The standard InChI is InChI=1S/C54H38N2S2/c1-2-10-33(11-3-1)34-20-25-52-44(30-34)46-32-38(22-27-54(46)58-52)56-48-16-8-5-13-40(48)43-29-36(19-24-50(43)56)35-18-23-49-42(28-35)39-12-4-7-15-47(39)55(49)37-21-26-53-45(31-37)41-14-6-9-17-51(41)57-53/h1-2,5,7-10,13,15-20,22-25,27-30,32,45H,3-4,6,11-12,14,31H2. The zero-order valence-electron chi connectivity index (χ0n) is 32.0. The Hall–Kier alpha value is -5.99. The van der Waals surface area contributed by atoms with Crippen LogP contribution in [0, 0.1) is 5.92 Å². The second kappa shape index (κ2) is 12.8. The van der Waals surface area contributed by atoms with Crippen LogP contribution in [-0.4, -0.2) is 9.13 Å². The van der Waals surface area contributed by atoms with E-state index in [0.29, 0.717) is 5.92 Å². The van der Waals surface area contributed by atoms with Crippen LogP contribution in [0.25, 0.3) is 87.0 Å². The molecule has 13 rings (SSSR count). The molecular formula is C54H38N2S2. The molecule has 4 heterocycles. The molecule has 0 fully saturated rings. The number of hydrogen-bond acceptors (Lipinski definition) is 2. The van der Waals surface area contributed by atoms with Gasteiger partial charge in [0, 0.05) is 64.2 Å². The van der Waals surface area contributed by atoms with E-state index in [1.54, 1.807) is 5.57 Å². The van der Waals surface area contributed by atoms with Crippen LogP contribution in [0.2, 0.25) is 0 Å². The summed E-state index contributed by atoms with van der Waals surface area (Å²) in [4.78, 5) is 2.79. The maximum Gasteiger partial charge on any atom is 0.0749 e. The molecule has 0 bridgehead atoms. The number of thioether (sulfide) groups is 1. The summed E-state index contributed by atoms with van der Waals surface area (Å²) in [5, 5.41) is 6.61. The highest BCUT2D eigenvalue weighted by atomic mass is 32.2. The summed E-state index contributed by atoms with van der Waals surface area (Å²) in [5.41, 5.74) is 23.1. The lowest BCUT2D eigenvalue weighted by molar-refractivity contribution is 0.705. The van der Waals surface area contributed by atoms with Gasteiger partial charge in [-0.2, -0.15) is 0 Å². The van der Waals surface area contributed by atoms with Crippen molar-refractivity contribution < 1.29 is 0 Å². The number of hydrogen-bond donors (Lipinski definition) is 0. The fraction of sp³-hybridized carbons (Fsp3) is 0.148. The fourth-order valence-electron chi connectivity index (χ4n) is 10.4. The Labute approximate surface area is 345 Å². The van der Waals surface area contributed by atoms with Gasteiger partial charge in [-0.15, -0.1) is 11.3 Å². The molecule has 2 nitrogen and oxygen atoms in total. The number of allylic oxidation sites excluding steroid dienone is 10. The van der Waals surface area contributed by atoms with Gasteiger partial charge in [-0.25, -0.2) is 0 Å². The number of benzene rings is 5. The molecule has 4 aliphatic carbocycles. The minimum atomic E-state index is 0.441. The second-order valence-corrected chi connectivity index (χ2v) is 18.5. The van der Waals surface area contributed by atoms with Gasteiger partial charge in [0.15, 0.2) is 0 Å². The Morgan fingerprint density at radius 3 is 2.22 bits per heavy atom. The molecule has 0 saturated carbocycles. The van der Waals surface area contributed by atoms with E-state index in [4.69, 9.17) is 0 Å². The summed E-state index contributed by atoms with van der Waals surface area (Å²) in [6.07, 6.45) is 23.7. The molecule has 0 N–H and O–H groups in total. The highest BCUT2D eigenvalue weighted by molar-refractivity contribution is 8.07. The summed E-state index contributed by atoms with van der Waals surface area (Å²) in [6, 6.07) is 37.3. The number of aromatic nitrogens is 2. The lowest BCUT2D eigenvalue weighted by Crippen LogP contribution is -2.10. The van der Waals surface area contributed by atoms with Crippen molar-refractivity contribution in [2.45, 2.75) is 44.9 Å². The molecule has 58 heavy (non-hydrogen) atoms. The van der Waals surface area contributed by atoms with E-state index in [1.165, 1.54) is 108 Å². The van der Waals surface area contributed by atoms with Crippen LogP contribution in [0.15, 0.2) is 160 Å². The predicted octanol–water partition coefficient (Wildman–Crippen LogP) is 15.3. The lowest BCUT2D eigenvalue weighted by atomic mass is 9.87. The molecule has 3 aromatic heterocycles. The van der Waals surface area contributed by atoms with Crippen LogP contribution in [-0.2, 0) is 6.42 Å². The Bertz CT molecular complexity index is 3420. The second-order valence-electron chi connectivity index (χ2n) is 16.4. The third-order valence-electron chi connectivity index (χ3n) is 13.2. The van der Waals surface area contributed by atoms with Gasteiger partial charge in [0.05, 0.1) is 27.9 Å². The Kier molecular flexibility index (Phi) is 7.26. The van der Waals surface area contributed by atoms with Crippen molar-refractivity contribution in [1.82, 2.24) is 9.13 Å². The van der Waals surface area contributed by atoms with E-state index in [-0.39, 0.29) is 0 Å². The number of rotatable bonds is 4. The van der Waals surface area contributed by atoms with Crippen molar-refractivity contribution in [2.24, 2.45) is 5.92 Å². The van der Waals surface area contributed by atoms with Gasteiger partial charge >= 0.3 is 0 Å². The zero-order chi connectivity index (χ0) is 37.9. The summed E-state index contributed by atoms with van der Waals surface area (Å²) in [6.45, 7) is 0. The molecular weight excluding hydrogens is 741 g/mol. The number of fused-ring (bicyclic) bond motifs is 11. The van der Waals surface area contributed by atoms with E-state index in [2.05, 4.69) is 160 Å². The first-order valence-electron chi connectivity index (χ1n) is 20.8. The normalized spacial score (nSPS) is 18.4. The van der Waals surface area contributed by atoms with Crippen LogP contribution in [0.4, 0.5) is 0 Å². The third kappa shape index (κ3) is 4.94. The minimum Gasteiger partial charge on any atom is -0.309 e. The summed E-state index contributed by atoms with van der Waals surface area (Å²) in [7, 11) is 0. The molecule has 0 amide bonds. The van der Waals surface area contributed by atoms with Crippen LogP contribution in [0.5, 0.6) is 0 Å². The van der Waals surface area contributed by atoms with Crippen molar-refractivity contribution in [2.75, 3.05) is 0 Å². The molecule has 8 aromatic rings. The molecule has 0 spiro atoms. The Balaban J connectivity index is 0.924. The van der Waals surface area contributed by atoms with Gasteiger partial charge in [-0.1, -0.05) is 90.3 Å². The van der Waals surface area contributed by atoms with E-state index < -0.39 is 0 Å². The molecule has 1 aliphatic heterocycles. The highest BCUT2D eigenvalue weighted by Gasteiger charge is 2.34. The summed E-state index contributed by atoms with van der Waals surface area (Å²) < 4.78 is 7.66. The third-order valence-corrected chi connectivity index (χ3v) is 15.5. The molecule has 1 atom stereocenters. The topological polar surface area (TPSA) is 9.86 Å². The number of para-hydroxylation sites is 1. The number of aryl methyl sites for hydroxylation is 1. The van der Waals surface area contributed by atoms with Gasteiger partial charge in [-0.3, -0.25) is 0 Å². The summed E-state index contributed by atoms with van der Waals surface area (Å²) in [5.74, 6) is 0.441. The van der Waals surface area contributed by atoms with Crippen molar-refractivity contribution >= 4 is 93.3 Å². The van der Waals surface area contributed by atoms with E-state index in [0.717, 1.165) is 44.9 Å². The highest BCUT2D eigenvalue weighted by Crippen LogP contribution is 2.53. The van der Waals surface area contributed by atoms with Crippen molar-refractivity contribution in [1.29, 1.82) is 0 Å². The molecule has 0 saturated heterocycles. The number of thiophene rings is 1. The van der Waals surface area contributed by atoms with Gasteiger partial charge in [0.1, 0.15) is 0 Å². The first kappa shape index (κ1) is 33.0. The Morgan fingerprint density at radius 1 is 0.586 bits per heavy atom. The quantitative estimate of drug-likeness (QED) is 0.162. The van der Waals surface area contributed by atoms with Crippen LogP contribution < -0.4 is 0 Å². The SMILES string of the molecule is C1=C=C(n2c3c(c4cc(-c5ccc6c(c5)c5ccccc5n6-c5ccc6sc7ccc(C8=CC=CCC8)cc7c6c5)ccc42)CCC=C3)CC2C=1SC1=C2CCC=C1. The Morgan fingerprint density at radius 2 is 1.33 bits per heavy atom. The smallest absolute Gasteiger partial charge is 0.0749 e. The van der Waals surface area contributed by atoms with E-state index in [1.807, 2.05) is 23.1 Å². The maximum absolute atomic E-state index is 3.66. The van der Waals surface area contributed by atoms with Gasteiger partial charge in [0.2, 0.25) is 0 Å². The fourth-order valence-corrected chi connectivity index (χ4v) is 12.7. The van der Waals surface area contributed by atoms with Crippen molar-refractivity contribution in [3.05, 3.63) is 177 Å². The zero-order valence-corrected chi connectivity index (χ0v) is 33.7. The van der Waals surface area contributed by atoms with Gasteiger partial charge in [0.25, 0.3) is 0 Å². The maximum atomic E-state index is 3.66. The van der Waals surface area contributed by atoms with Gasteiger partial charge < -0.3 is 9.13 Å². The first-order chi connectivity index (χ1) is 28.7. The van der Waals surface area contributed by atoms with Crippen LogP contribution in [0.3, 0.4) is 0 Å². The van der Waals surface area contributed by atoms with Crippen molar-refractivity contribution in [3.8, 4) is 16.8 Å². The predicted molar refractivity (Wildman–Crippen MR) is 250 cm³/mol. The first-order valence-corrected chi connectivity index (χ1v) is 22.4. The van der Waals surface area contributed by atoms with Crippen LogP contribution >= 0.6 is 23.1 Å².